The SMILES string of the molecule is CCN1CCCC(O)(c2ccc(OC)cc2)CC1. The largest absolute Gasteiger partial charge is 0.497 e. The van der Waals surface area contributed by atoms with E-state index in [4.69, 9.17) is 4.74 Å². The number of hydrogen-bond donors (Lipinski definition) is 1. The van der Waals surface area contributed by atoms with Gasteiger partial charge in [0.25, 0.3) is 0 Å². The molecule has 0 aromatic heterocycles. The van der Waals surface area contributed by atoms with Crippen molar-refractivity contribution in [3.05, 3.63) is 29.8 Å². The Morgan fingerprint density at radius 1 is 1.22 bits per heavy atom. The van der Waals surface area contributed by atoms with E-state index >= 15 is 0 Å². The van der Waals surface area contributed by atoms with Crippen molar-refractivity contribution in [3.8, 4) is 5.75 Å². The van der Waals surface area contributed by atoms with Crippen LogP contribution in [0.5, 0.6) is 5.75 Å². The normalized spacial score (nSPS) is 25.7. The van der Waals surface area contributed by atoms with Crippen LogP contribution in [0.15, 0.2) is 24.3 Å². The molecule has 1 unspecified atom stereocenters. The average molecular weight is 249 g/mol. The van der Waals surface area contributed by atoms with E-state index in [0.29, 0.717) is 0 Å². The molecule has 3 heteroatoms. The molecule has 1 fully saturated rings. The predicted octanol–water partition coefficient (Wildman–Crippen LogP) is 2.39. The first-order valence-electron chi connectivity index (χ1n) is 6.77. The molecule has 18 heavy (non-hydrogen) atoms. The van der Waals surface area contributed by atoms with Crippen LogP contribution in [0.1, 0.15) is 31.7 Å². The summed E-state index contributed by atoms with van der Waals surface area (Å²) in [5.74, 6) is 0.839. The van der Waals surface area contributed by atoms with Crippen LogP contribution in [-0.2, 0) is 5.60 Å². The third kappa shape index (κ3) is 2.85. The molecule has 1 aliphatic heterocycles. The average Bonchev–Trinajstić information content (AvgIpc) is 2.61. The van der Waals surface area contributed by atoms with E-state index < -0.39 is 5.60 Å². The highest BCUT2D eigenvalue weighted by Crippen LogP contribution is 2.33. The molecule has 1 N–H and O–H groups in total. The number of aliphatic hydroxyl groups is 1. The van der Waals surface area contributed by atoms with Crippen LogP contribution in [0.2, 0.25) is 0 Å². The molecule has 0 saturated carbocycles. The van der Waals surface area contributed by atoms with E-state index in [2.05, 4.69) is 11.8 Å². The zero-order valence-electron chi connectivity index (χ0n) is 11.4. The summed E-state index contributed by atoms with van der Waals surface area (Å²) < 4.78 is 5.16. The maximum absolute atomic E-state index is 10.8. The molecule has 0 bridgehead atoms. The zero-order chi connectivity index (χ0) is 13.0. The van der Waals surface area contributed by atoms with Gasteiger partial charge in [0.05, 0.1) is 12.7 Å². The quantitative estimate of drug-likeness (QED) is 0.893. The van der Waals surface area contributed by atoms with Gasteiger partial charge in [-0.15, -0.1) is 0 Å². The first-order chi connectivity index (χ1) is 8.68. The topological polar surface area (TPSA) is 32.7 Å². The molecule has 0 radical (unpaired) electrons. The van der Waals surface area contributed by atoms with Crippen molar-refractivity contribution >= 4 is 0 Å². The predicted molar refractivity (Wildman–Crippen MR) is 72.9 cm³/mol. The van der Waals surface area contributed by atoms with Gasteiger partial charge in [0.15, 0.2) is 0 Å². The highest BCUT2D eigenvalue weighted by Gasteiger charge is 2.31. The van der Waals surface area contributed by atoms with Gasteiger partial charge >= 0.3 is 0 Å². The second kappa shape index (κ2) is 5.72. The van der Waals surface area contributed by atoms with Crippen LogP contribution in [0.4, 0.5) is 0 Å². The Hall–Kier alpha value is -1.06. The van der Waals surface area contributed by atoms with Gasteiger partial charge in [0, 0.05) is 6.54 Å². The van der Waals surface area contributed by atoms with E-state index in [1.54, 1.807) is 7.11 Å². The second-order valence-corrected chi connectivity index (χ2v) is 5.05. The minimum absolute atomic E-state index is 0.670. The van der Waals surface area contributed by atoms with Crippen LogP contribution in [0, 0.1) is 0 Å². The lowest BCUT2D eigenvalue weighted by molar-refractivity contribution is 0.0213. The summed E-state index contributed by atoms with van der Waals surface area (Å²) in [5.41, 5.74) is 0.345. The van der Waals surface area contributed by atoms with E-state index in [9.17, 15) is 5.11 Å². The van der Waals surface area contributed by atoms with Gasteiger partial charge in [-0.3, -0.25) is 0 Å². The Morgan fingerprint density at radius 3 is 2.56 bits per heavy atom. The number of benzene rings is 1. The van der Waals surface area contributed by atoms with Crippen molar-refractivity contribution in [1.29, 1.82) is 0 Å². The molecule has 100 valence electrons. The number of methoxy groups -OCH3 is 1. The van der Waals surface area contributed by atoms with Gasteiger partial charge in [0.1, 0.15) is 5.75 Å². The zero-order valence-corrected chi connectivity index (χ0v) is 11.4. The Labute approximate surface area is 109 Å². The molecule has 1 aromatic carbocycles. The van der Waals surface area contributed by atoms with Crippen LogP contribution in [0.25, 0.3) is 0 Å². The molecule has 1 atom stereocenters. The number of ether oxygens (including phenoxy) is 1. The van der Waals surface area contributed by atoms with Crippen LogP contribution >= 0.6 is 0 Å². The van der Waals surface area contributed by atoms with Gasteiger partial charge in [-0.25, -0.2) is 0 Å². The fourth-order valence-corrected chi connectivity index (χ4v) is 2.68. The smallest absolute Gasteiger partial charge is 0.118 e. The second-order valence-electron chi connectivity index (χ2n) is 5.05. The maximum atomic E-state index is 10.8. The van der Waals surface area contributed by atoms with E-state index in [-0.39, 0.29) is 0 Å². The van der Waals surface area contributed by atoms with Gasteiger partial charge in [-0.2, -0.15) is 0 Å². The van der Waals surface area contributed by atoms with Crippen molar-refractivity contribution in [2.75, 3.05) is 26.7 Å². The first-order valence-corrected chi connectivity index (χ1v) is 6.77. The Balaban J connectivity index is 2.13. The highest BCUT2D eigenvalue weighted by atomic mass is 16.5. The number of rotatable bonds is 3. The summed E-state index contributed by atoms with van der Waals surface area (Å²) in [4.78, 5) is 2.40. The number of likely N-dealkylation sites (tertiary alicyclic amines) is 1. The van der Waals surface area contributed by atoms with Crippen molar-refractivity contribution < 1.29 is 9.84 Å². The van der Waals surface area contributed by atoms with Crippen LogP contribution < -0.4 is 4.74 Å². The van der Waals surface area contributed by atoms with Crippen molar-refractivity contribution in [2.45, 2.75) is 31.8 Å². The molecule has 0 aliphatic carbocycles. The third-order valence-electron chi connectivity index (χ3n) is 3.98. The van der Waals surface area contributed by atoms with Crippen molar-refractivity contribution in [2.24, 2.45) is 0 Å². The van der Waals surface area contributed by atoms with E-state index in [0.717, 1.165) is 50.2 Å². The van der Waals surface area contributed by atoms with E-state index in [1.807, 2.05) is 24.3 Å². The lowest BCUT2D eigenvalue weighted by Gasteiger charge is -2.27. The first kappa shape index (κ1) is 13.4. The fraction of sp³-hybridized carbons (Fsp3) is 0.600. The standard InChI is InChI=1S/C15H23NO2/c1-3-16-11-4-9-15(17,10-12-16)13-5-7-14(18-2)8-6-13/h5-8,17H,3-4,9-12H2,1-2H3. The molecule has 0 amide bonds. The third-order valence-corrected chi connectivity index (χ3v) is 3.98. The fourth-order valence-electron chi connectivity index (χ4n) is 2.68. The molecular weight excluding hydrogens is 226 g/mol. The molecule has 2 rings (SSSR count). The Kier molecular flexibility index (Phi) is 4.25. The summed E-state index contributed by atoms with van der Waals surface area (Å²) in [6.07, 6.45) is 2.71. The molecule has 1 aromatic rings. The summed E-state index contributed by atoms with van der Waals surface area (Å²) in [7, 11) is 1.66. The van der Waals surface area contributed by atoms with Gasteiger partial charge in [0.2, 0.25) is 0 Å². The van der Waals surface area contributed by atoms with Gasteiger partial charge in [-0.1, -0.05) is 19.1 Å². The summed E-state index contributed by atoms with van der Waals surface area (Å²) in [6, 6.07) is 7.83. The van der Waals surface area contributed by atoms with Gasteiger partial charge < -0.3 is 14.7 Å². The highest BCUT2D eigenvalue weighted by molar-refractivity contribution is 5.31. The molecular formula is C15H23NO2. The minimum Gasteiger partial charge on any atom is -0.497 e. The lowest BCUT2D eigenvalue weighted by atomic mass is 9.87. The summed E-state index contributed by atoms with van der Waals surface area (Å²) >= 11 is 0. The number of hydrogen-bond acceptors (Lipinski definition) is 3. The van der Waals surface area contributed by atoms with Crippen molar-refractivity contribution in [1.82, 2.24) is 4.90 Å². The minimum atomic E-state index is -0.670. The molecule has 1 aliphatic rings. The maximum Gasteiger partial charge on any atom is 0.118 e. The summed E-state index contributed by atoms with van der Waals surface area (Å²) in [6.45, 7) is 5.31. The Morgan fingerprint density at radius 2 is 1.94 bits per heavy atom. The Bertz CT molecular complexity index is 377. The lowest BCUT2D eigenvalue weighted by Crippen LogP contribution is -2.29. The van der Waals surface area contributed by atoms with Gasteiger partial charge in [-0.05, 0) is 50.0 Å². The molecule has 1 heterocycles. The van der Waals surface area contributed by atoms with Crippen LogP contribution in [0.3, 0.4) is 0 Å². The summed E-state index contributed by atoms with van der Waals surface area (Å²) in [5, 5.41) is 10.8. The van der Waals surface area contributed by atoms with E-state index in [1.165, 1.54) is 0 Å². The molecule has 1 saturated heterocycles. The van der Waals surface area contributed by atoms with Crippen molar-refractivity contribution in [3.63, 3.8) is 0 Å². The molecule has 3 nitrogen and oxygen atoms in total. The molecule has 0 spiro atoms. The number of nitrogens with zero attached hydrogens (tertiary/aromatic N) is 1. The monoisotopic (exact) mass is 249 g/mol. The van der Waals surface area contributed by atoms with Crippen LogP contribution in [-0.4, -0.2) is 36.8 Å².